The maximum Gasteiger partial charge on any atom is 0.337 e. The molecule has 1 saturated heterocycles. The standard InChI is InChI=1S/C27H30N2O6/c1-16-14-20-15-19(10-11-21(20)35-16)24(30)22-23(17-6-8-18(9-7-17)27(33)34-4)29(26(32)25(22)31)13-5-12-28(2)3/h6-11,15-16,23,30H,5,12-14H2,1-4H3/t16-,23+/m1/s1. The number of hydrogen-bond donors (Lipinski definition) is 1. The van der Waals surface area contributed by atoms with Crippen molar-refractivity contribution < 1.29 is 29.0 Å². The first-order valence-electron chi connectivity index (χ1n) is 11.6. The number of hydrogen-bond acceptors (Lipinski definition) is 7. The first-order valence-corrected chi connectivity index (χ1v) is 11.6. The zero-order valence-electron chi connectivity index (χ0n) is 20.4. The van der Waals surface area contributed by atoms with E-state index in [1.807, 2.05) is 32.0 Å². The third kappa shape index (κ3) is 4.79. The molecule has 0 spiro atoms. The van der Waals surface area contributed by atoms with Crippen LogP contribution in [0.2, 0.25) is 0 Å². The van der Waals surface area contributed by atoms with Gasteiger partial charge in [-0.05, 0) is 75.4 Å². The molecule has 184 valence electrons. The number of ether oxygens (including phenoxy) is 2. The van der Waals surface area contributed by atoms with E-state index < -0.39 is 23.7 Å². The van der Waals surface area contributed by atoms with Crippen LogP contribution in [-0.4, -0.2) is 73.0 Å². The van der Waals surface area contributed by atoms with Crippen molar-refractivity contribution in [3.63, 3.8) is 0 Å². The number of aliphatic hydroxyl groups is 1. The van der Waals surface area contributed by atoms with Gasteiger partial charge in [0, 0.05) is 18.5 Å². The fourth-order valence-corrected chi connectivity index (χ4v) is 4.66. The molecule has 0 aliphatic carbocycles. The average molecular weight is 479 g/mol. The molecule has 8 nitrogen and oxygen atoms in total. The first kappa shape index (κ1) is 24.5. The Morgan fingerprint density at radius 3 is 2.49 bits per heavy atom. The summed E-state index contributed by atoms with van der Waals surface area (Å²) in [5.41, 5.74) is 2.43. The van der Waals surface area contributed by atoms with Crippen molar-refractivity contribution >= 4 is 23.4 Å². The van der Waals surface area contributed by atoms with E-state index in [1.165, 1.54) is 12.0 Å². The van der Waals surface area contributed by atoms with Crippen molar-refractivity contribution in [3.8, 4) is 5.75 Å². The minimum absolute atomic E-state index is 0.0394. The van der Waals surface area contributed by atoms with Crippen molar-refractivity contribution in [1.82, 2.24) is 9.80 Å². The van der Waals surface area contributed by atoms with E-state index in [9.17, 15) is 19.5 Å². The molecule has 1 fully saturated rings. The quantitative estimate of drug-likeness (QED) is 0.283. The molecule has 0 aromatic heterocycles. The van der Waals surface area contributed by atoms with Crippen LogP contribution >= 0.6 is 0 Å². The molecule has 2 aromatic carbocycles. The molecule has 2 heterocycles. The van der Waals surface area contributed by atoms with Crippen LogP contribution < -0.4 is 4.74 Å². The summed E-state index contributed by atoms with van der Waals surface area (Å²) in [6, 6.07) is 11.1. The SMILES string of the molecule is COC(=O)c1ccc([C@H]2C(=C(O)c3ccc4c(c3)C[C@@H](C)O4)C(=O)C(=O)N2CCCN(C)C)cc1. The lowest BCUT2D eigenvalue weighted by atomic mass is 9.94. The highest BCUT2D eigenvalue weighted by Crippen LogP contribution is 2.40. The number of methoxy groups -OCH3 is 1. The summed E-state index contributed by atoms with van der Waals surface area (Å²) in [6.07, 6.45) is 1.40. The van der Waals surface area contributed by atoms with Crippen molar-refractivity contribution in [1.29, 1.82) is 0 Å². The molecule has 2 aliphatic rings. The fourth-order valence-electron chi connectivity index (χ4n) is 4.66. The van der Waals surface area contributed by atoms with E-state index >= 15 is 0 Å². The summed E-state index contributed by atoms with van der Waals surface area (Å²) in [6.45, 7) is 3.05. The number of nitrogens with zero attached hydrogens (tertiary/aromatic N) is 2. The van der Waals surface area contributed by atoms with Crippen LogP contribution in [0.4, 0.5) is 0 Å². The van der Waals surface area contributed by atoms with Gasteiger partial charge < -0.3 is 24.4 Å². The van der Waals surface area contributed by atoms with Crippen molar-refractivity contribution in [2.75, 3.05) is 34.3 Å². The zero-order valence-corrected chi connectivity index (χ0v) is 20.4. The van der Waals surface area contributed by atoms with E-state index in [0.717, 1.165) is 17.9 Å². The molecule has 0 radical (unpaired) electrons. The van der Waals surface area contributed by atoms with E-state index in [0.29, 0.717) is 36.1 Å². The van der Waals surface area contributed by atoms with Gasteiger partial charge in [-0.1, -0.05) is 12.1 Å². The Hall–Kier alpha value is -3.65. The van der Waals surface area contributed by atoms with Gasteiger partial charge in [0.15, 0.2) is 0 Å². The summed E-state index contributed by atoms with van der Waals surface area (Å²) in [4.78, 5) is 41.7. The highest BCUT2D eigenvalue weighted by atomic mass is 16.5. The van der Waals surface area contributed by atoms with Crippen molar-refractivity contribution in [2.45, 2.75) is 31.9 Å². The highest BCUT2D eigenvalue weighted by molar-refractivity contribution is 6.46. The molecule has 1 amide bonds. The van der Waals surface area contributed by atoms with E-state index in [4.69, 9.17) is 9.47 Å². The number of fused-ring (bicyclic) bond motifs is 1. The zero-order chi connectivity index (χ0) is 25.3. The van der Waals surface area contributed by atoms with E-state index in [1.54, 1.807) is 36.4 Å². The molecular weight excluding hydrogens is 448 g/mol. The Morgan fingerprint density at radius 2 is 1.83 bits per heavy atom. The lowest BCUT2D eigenvalue weighted by Crippen LogP contribution is -2.32. The maximum atomic E-state index is 13.2. The second kappa shape index (κ2) is 9.92. The van der Waals surface area contributed by atoms with Crippen LogP contribution in [0, 0.1) is 0 Å². The minimum Gasteiger partial charge on any atom is -0.507 e. The molecule has 2 aromatic rings. The lowest BCUT2D eigenvalue weighted by molar-refractivity contribution is -0.139. The molecule has 2 atom stereocenters. The maximum absolute atomic E-state index is 13.2. The molecule has 1 N–H and O–H groups in total. The van der Waals surface area contributed by atoms with Gasteiger partial charge in [-0.15, -0.1) is 0 Å². The number of rotatable bonds is 7. The van der Waals surface area contributed by atoms with Crippen LogP contribution in [0.15, 0.2) is 48.0 Å². The molecule has 35 heavy (non-hydrogen) atoms. The number of esters is 1. The number of aliphatic hydroxyl groups excluding tert-OH is 1. The Balaban J connectivity index is 1.77. The van der Waals surface area contributed by atoms with Crippen LogP contribution in [0.5, 0.6) is 5.75 Å². The number of ketones is 1. The van der Waals surface area contributed by atoms with Gasteiger partial charge in [0.25, 0.3) is 11.7 Å². The molecule has 4 rings (SSSR count). The largest absolute Gasteiger partial charge is 0.507 e. The summed E-state index contributed by atoms with van der Waals surface area (Å²) < 4.78 is 10.5. The van der Waals surface area contributed by atoms with Gasteiger partial charge in [0.05, 0.1) is 24.3 Å². The molecule has 0 bridgehead atoms. The van der Waals surface area contributed by atoms with Crippen LogP contribution in [0.25, 0.3) is 5.76 Å². The van der Waals surface area contributed by atoms with Gasteiger partial charge in [-0.2, -0.15) is 0 Å². The molecule has 0 unspecified atom stereocenters. The van der Waals surface area contributed by atoms with E-state index in [2.05, 4.69) is 0 Å². The Kier molecular flexibility index (Phi) is 6.93. The molecule has 0 saturated carbocycles. The van der Waals surface area contributed by atoms with Crippen LogP contribution in [0.3, 0.4) is 0 Å². The number of likely N-dealkylation sites (tertiary alicyclic amines) is 1. The van der Waals surface area contributed by atoms with Crippen LogP contribution in [-0.2, 0) is 20.7 Å². The van der Waals surface area contributed by atoms with Gasteiger partial charge >= 0.3 is 5.97 Å². The minimum atomic E-state index is -0.771. The average Bonchev–Trinajstić information content (AvgIpc) is 3.34. The summed E-state index contributed by atoms with van der Waals surface area (Å²) >= 11 is 0. The predicted molar refractivity (Wildman–Crippen MR) is 130 cm³/mol. The van der Waals surface area contributed by atoms with E-state index in [-0.39, 0.29) is 17.4 Å². The highest BCUT2D eigenvalue weighted by Gasteiger charge is 2.46. The number of benzene rings is 2. The smallest absolute Gasteiger partial charge is 0.337 e. The van der Waals surface area contributed by atoms with Crippen molar-refractivity contribution in [2.24, 2.45) is 0 Å². The van der Waals surface area contributed by atoms with Gasteiger partial charge in [-0.3, -0.25) is 9.59 Å². The number of carbonyl (C=O) groups is 3. The normalized spacial score (nSPS) is 20.8. The molecule has 2 aliphatic heterocycles. The Labute approximate surface area is 204 Å². The second-order valence-corrected chi connectivity index (χ2v) is 9.22. The molecule has 8 heteroatoms. The summed E-state index contributed by atoms with van der Waals surface area (Å²) in [5, 5.41) is 11.3. The van der Waals surface area contributed by atoms with Crippen LogP contribution in [0.1, 0.15) is 46.4 Å². The summed E-state index contributed by atoms with van der Waals surface area (Å²) in [7, 11) is 5.18. The third-order valence-corrected chi connectivity index (χ3v) is 6.36. The topological polar surface area (TPSA) is 96.4 Å². The molecular formula is C27H30N2O6. The monoisotopic (exact) mass is 478 g/mol. The fraction of sp³-hybridized carbons (Fsp3) is 0.370. The number of carbonyl (C=O) groups excluding carboxylic acids is 3. The third-order valence-electron chi connectivity index (χ3n) is 6.36. The second-order valence-electron chi connectivity index (χ2n) is 9.22. The summed E-state index contributed by atoms with van der Waals surface area (Å²) in [5.74, 6) is -1.31. The number of amides is 1. The number of Topliss-reactive ketones (excluding diaryl/α,β-unsaturated/α-hetero) is 1. The predicted octanol–water partition coefficient (Wildman–Crippen LogP) is 3.17. The van der Waals surface area contributed by atoms with Gasteiger partial charge in [0.1, 0.15) is 17.6 Å². The first-order chi connectivity index (χ1) is 16.7. The Bertz CT molecular complexity index is 1180. The van der Waals surface area contributed by atoms with Gasteiger partial charge in [-0.25, -0.2) is 4.79 Å². The lowest BCUT2D eigenvalue weighted by Gasteiger charge is -2.26. The van der Waals surface area contributed by atoms with Crippen molar-refractivity contribution in [3.05, 3.63) is 70.3 Å². The Morgan fingerprint density at radius 1 is 1.14 bits per heavy atom. The van der Waals surface area contributed by atoms with Gasteiger partial charge in [0.2, 0.25) is 0 Å².